The molecule has 0 spiro atoms. The Bertz CT molecular complexity index is 858. The molecule has 6 heteroatoms. The Morgan fingerprint density at radius 2 is 2.00 bits per heavy atom. The number of nitrogens with zero attached hydrogens (tertiary/aromatic N) is 3. The van der Waals surface area contributed by atoms with Crippen molar-refractivity contribution >= 4 is 11.9 Å². The van der Waals surface area contributed by atoms with Crippen LogP contribution in [-0.4, -0.2) is 44.9 Å². The van der Waals surface area contributed by atoms with Crippen molar-refractivity contribution < 1.29 is 14.7 Å². The number of carbonyl (C=O) groups excluding carboxylic acids is 1. The van der Waals surface area contributed by atoms with Crippen LogP contribution in [0.15, 0.2) is 36.7 Å². The van der Waals surface area contributed by atoms with Gasteiger partial charge in [0, 0.05) is 36.2 Å². The predicted octanol–water partition coefficient (Wildman–Crippen LogP) is 3.59. The normalized spacial score (nSPS) is 17.6. The molecule has 1 aromatic carbocycles. The van der Waals surface area contributed by atoms with Crippen molar-refractivity contribution in [3.05, 3.63) is 47.9 Å². The minimum absolute atomic E-state index is 0.139. The van der Waals surface area contributed by atoms with Gasteiger partial charge >= 0.3 is 5.97 Å². The molecule has 27 heavy (non-hydrogen) atoms. The Balaban J connectivity index is 1.84. The number of benzene rings is 1. The van der Waals surface area contributed by atoms with Crippen LogP contribution in [0.1, 0.15) is 55.6 Å². The van der Waals surface area contributed by atoms with E-state index < -0.39 is 11.4 Å². The Morgan fingerprint density at radius 1 is 1.22 bits per heavy atom. The molecule has 1 atom stereocenters. The summed E-state index contributed by atoms with van der Waals surface area (Å²) in [6.45, 7) is 7.24. The van der Waals surface area contributed by atoms with Gasteiger partial charge in [0.05, 0.1) is 23.1 Å². The van der Waals surface area contributed by atoms with Gasteiger partial charge in [-0.3, -0.25) is 9.78 Å². The summed E-state index contributed by atoms with van der Waals surface area (Å²) in [5.41, 5.74) is 2.05. The Morgan fingerprint density at radius 3 is 2.70 bits per heavy atom. The van der Waals surface area contributed by atoms with Gasteiger partial charge in [0.25, 0.3) is 0 Å². The highest BCUT2D eigenvalue weighted by Gasteiger charge is 2.32. The summed E-state index contributed by atoms with van der Waals surface area (Å²) in [5.74, 6) is -0.671. The first kappa shape index (κ1) is 19.0. The lowest BCUT2D eigenvalue weighted by molar-refractivity contribution is -0.140. The number of aromatic nitrogens is 2. The van der Waals surface area contributed by atoms with E-state index in [9.17, 15) is 14.7 Å². The van der Waals surface area contributed by atoms with Crippen LogP contribution >= 0.6 is 0 Å². The topological polar surface area (TPSA) is 83.4 Å². The molecule has 0 aliphatic carbocycles. The van der Waals surface area contributed by atoms with Crippen LogP contribution < -0.4 is 0 Å². The van der Waals surface area contributed by atoms with Crippen LogP contribution in [0.5, 0.6) is 0 Å². The van der Waals surface area contributed by atoms with E-state index in [0.717, 1.165) is 30.6 Å². The molecule has 0 unspecified atom stereocenters. The fraction of sp³-hybridized carbons (Fsp3) is 0.429. The van der Waals surface area contributed by atoms with Gasteiger partial charge in [-0.25, -0.2) is 9.78 Å². The van der Waals surface area contributed by atoms with E-state index in [4.69, 9.17) is 4.98 Å². The lowest BCUT2D eigenvalue weighted by atomic mass is 9.90. The summed E-state index contributed by atoms with van der Waals surface area (Å²) in [6.07, 6.45) is 5.29. The summed E-state index contributed by atoms with van der Waals surface area (Å²) in [7, 11) is 0. The summed E-state index contributed by atoms with van der Waals surface area (Å²) in [5, 5.41) is 9.19. The third-order valence-electron chi connectivity index (χ3n) is 4.83. The molecule has 0 bridgehead atoms. The zero-order chi connectivity index (χ0) is 19.6. The summed E-state index contributed by atoms with van der Waals surface area (Å²) < 4.78 is 0. The number of rotatable bonds is 3. The SMILES string of the molecule is CC(C)(C)C(=O)N1CCC[C@H](c2cncc(-c3cccc(C(=O)O)c3)n2)C1. The van der Waals surface area contributed by atoms with E-state index in [1.54, 1.807) is 30.6 Å². The molecule has 1 aliphatic heterocycles. The van der Waals surface area contributed by atoms with E-state index in [-0.39, 0.29) is 17.4 Å². The summed E-state index contributed by atoms with van der Waals surface area (Å²) in [4.78, 5) is 34.8. The van der Waals surface area contributed by atoms with Crippen LogP contribution in [0, 0.1) is 5.41 Å². The molecule has 1 aliphatic rings. The van der Waals surface area contributed by atoms with Gasteiger partial charge < -0.3 is 10.0 Å². The monoisotopic (exact) mass is 367 g/mol. The molecule has 1 saturated heterocycles. The fourth-order valence-electron chi connectivity index (χ4n) is 3.41. The van der Waals surface area contributed by atoms with Crippen molar-refractivity contribution in [2.45, 2.75) is 39.5 Å². The first-order valence-electron chi connectivity index (χ1n) is 9.21. The number of carboxylic acids is 1. The highest BCUT2D eigenvalue weighted by Crippen LogP contribution is 2.29. The molecule has 1 fully saturated rings. The lowest BCUT2D eigenvalue weighted by Gasteiger charge is -2.36. The first-order valence-corrected chi connectivity index (χ1v) is 9.21. The van der Waals surface area contributed by atoms with Gasteiger partial charge in [-0.15, -0.1) is 0 Å². The largest absolute Gasteiger partial charge is 0.478 e. The molecule has 2 heterocycles. The van der Waals surface area contributed by atoms with Crippen molar-refractivity contribution in [3.63, 3.8) is 0 Å². The molecular formula is C21H25N3O3. The molecule has 2 aromatic rings. The van der Waals surface area contributed by atoms with Gasteiger partial charge in [-0.1, -0.05) is 32.9 Å². The van der Waals surface area contributed by atoms with Crippen LogP contribution in [-0.2, 0) is 4.79 Å². The molecule has 3 rings (SSSR count). The minimum Gasteiger partial charge on any atom is -0.478 e. The summed E-state index contributed by atoms with van der Waals surface area (Å²) >= 11 is 0. The third-order valence-corrected chi connectivity index (χ3v) is 4.83. The van der Waals surface area contributed by atoms with Crippen LogP contribution in [0.4, 0.5) is 0 Å². The third kappa shape index (κ3) is 4.32. The van der Waals surface area contributed by atoms with Crippen LogP contribution in [0.3, 0.4) is 0 Å². The second kappa shape index (κ2) is 7.47. The zero-order valence-corrected chi connectivity index (χ0v) is 16.0. The smallest absolute Gasteiger partial charge is 0.335 e. The van der Waals surface area contributed by atoms with Gasteiger partial charge in [-0.2, -0.15) is 0 Å². The molecule has 0 radical (unpaired) electrons. The summed E-state index contributed by atoms with van der Waals surface area (Å²) in [6, 6.07) is 6.70. The second-order valence-electron chi connectivity index (χ2n) is 8.06. The molecule has 6 nitrogen and oxygen atoms in total. The number of aromatic carboxylic acids is 1. The van der Waals surface area contributed by atoms with E-state index in [1.807, 2.05) is 31.7 Å². The maximum atomic E-state index is 12.6. The van der Waals surface area contributed by atoms with E-state index in [2.05, 4.69) is 4.98 Å². The van der Waals surface area contributed by atoms with Crippen molar-refractivity contribution in [2.75, 3.05) is 13.1 Å². The Hall–Kier alpha value is -2.76. The number of carbonyl (C=O) groups is 2. The van der Waals surface area contributed by atoms with Crippen LogP contribution in [0.2, 0.25) is 0 Å². The molecule has 1 amide bonds. The van der Waals surface area contributed by atoms with Crippen molar-refractivity contribution in [3.8, 4) is 11.3 Å². The number of hydrogen-bond acceptors (Lipinski definition) is 4. The van der Waals surface area contributed by atoms with Crippen molar-refractivity contribution in [1.29, 1.82) is 0 Å². The maximum absolute atomic E-state index is 12.6. The van der Waals surface area contributed by atoms with Gasteiger partial charge in [0.15, 0.2) is 0 Å². The standard InChI is InChI=1S/C21H25N3O3/c1-21(2,3)20(27)24-9-5-8-16(13-24)18-12-22-11-17(23-18)14-6-4-7-15(10-14)19(25)26/h4,6-7,10-12,16H,5,8-9,13H2,1-3H3,(H,25,26)/t16-/m0/s1. The number of amides is 1. The lowest BCUT2D eigenvalue weighted by Crippen LogP contribution is -2.44. The van der Waals surface area contributed by atoms with E-state index in [1.165, 1.54) is 0 Å². The second-order valence-corrected chi connectivity index (χ2v) is 8.06. The first-order chi connectivity index (χ1) is 12.8. The van der Waals surface area contributed by atoms with Crippen molar-refractivity contribution in [2.24, 2.45) is 5.41 Å². The van der Waals surface area contributed by atoms with Gasteiger partial charge in [0.2, 0.25) is 5.91 Å². The molecule has 1 N–H and O–H groups in total. The Kier molecular flexibility index (Phi) is 5.26. The number of hydrogen-bond donors (Lipinski definition) is 1. The van der Waals surface area contributed by atoms with Gasteiger partial charge in [-0.05, 0) is 25.0 Å². The minimum atomic E-state index is -0.968. The highest BCUT2D eigenvalue weighted by molar-refractivity contribution is 5.89. The molecule has 1 aromatic heterocycles. The van der Waals surface area contributed by atoms with E-state index in [0.29, 0.717) is 12.2 Å². The molecular weight excluding hydrogens is 342 g/mol. The average Bonchev–Trinajstić information content (AvgIpc) is 2.67. The van der Waals surface area contributed by atoms with Gasteiger partial charge in [0.1, 0.15) is 0 Å². The van der Waals surface area contributed by atoms with Crippen molar-refractivity contribution in [1.82, 2.24) is 14.9 Å². The van der Waals surface area contributed by atoms with Crippen LogP contribution in [0.25, 0.3) is 11.3 Å². The fourth-order valence-corrected chi connectivity index (χ4v) is 3.41. The number of likely N-dealkylation sites (tertiary alicyclic amines) is 1. The average molecular weight is 367 g/mol. The Labute approximate surface area is 159 Å². The molecule has 142 valence electrons. The number of carboxylic acid groups (broad SMARTS) is 1. The maximum Gasteiger partial charge on any atom is 0.335 e. The molecule has 0 saturated carbocycles. The quantitative estimate of drug-likeness (QED) is 0.896. The predicted molar refractivity (Wildman–Crippen MR) is 102 cm³/mol. The zero-order valence-electron chi connectivity index (χ0n) is 16.0. The highest BCUT2D eigenvalue weighted by atomic mass is 16.4. The van der Waals surface area contributed by atoms with E-state index >= 15 is 0 Å². The number of piperidine rings is 1.